The van der Waals surface area contributed by atoms with Gasteiger partial charge < -0.3 is 4.42 Å². The van der Waals surface area contributed by atoms with Crippen molar-refractivity contribution < 1.29 is 4.42 Å². The molecule has 1 heteroatoms. The van der Waals surface area contributed by atoms with E-state index in [4.69, 9.17) is 4.42 Å². The molecular formula is C52H32O. The van der Waals surface area contributed by atoms with Crippen molar-refractivity contribution in [2.75, 3.05) is 0 Å². The summed E-state index contributed by atoms with van der Waals surface area (Å²) in [5, 5.41) is 12.3. The predicted octanol–water partition coefficient (Wildman–Crippen LogP) is 14.9. The second kappa shape index (κ2) is 11.8. The maximum absolute atomic E-state index is 6.50. The van der Waals surface area contributed by atoms with Crippen LogP contribution in [0.3, 0.4) is 0 Å². The standard InChI is InChI=1S/C52H32O/c1-2-9-34-26-39(17-16-33(34)8-1)41-22-24-48-49-25-23-42(32-52(49)53-51(48)31-41)40-21-20-37-27-36(18-19-38(37)28-40)35-11-7-12-43(29-35)50-30-44-10-3-4-13-45(44)46-14-5-6-15-47(46)50/h1-32H. The lowest BCUT2D eigenvalue weighted by atomic mass is 9.91. The first-order valence-electron chi connectivity index (χ1n) is 18.2. The molecule has 0 saturated heterocycles. The van der Waals surface area contributed by atoms with Crippen LogP contribution in [0.1, 0.15) is 0 Å². The topological polar surface area (TPSA) is 13.1 Å². The van der Waals surface area contributed by atoms with Crippen molar-refractivity contribution in [2.24, 2.45) is 0 Å². The van der Waals surface area contributed by atoms with E-state index >= 15 is 0 Å². The van der Waals surface area contributed by atoms with Crippen molar-refractivity contribution in [1.29, 1.82) is 0 Å². The summed E-state index contributed by atoms with van der Waals surface area (Å²) in [5.74, 6) is 0. The maximum Gasteiger partial charge on any atom is 0.136 e. The summed E-state index contributed by atoms with van der Waals surface area (Å²) >= 11 is 0. The van der Waals surface area contributed by atoms with Gasteiger partial charge in [-0.25, -0.2) is 0 Å². The van der Waals surface area contributed by atoms with Crippen molar-refractivity contribution in [2.45, 2.75) is 0 Å². The highest BCUT2D eigenvalue weighted by Crippen LogP contribution is 2.39. The number of hydrogen-bond acceptors (Lipinski definition) is 1. The minimum absolute atomic E-state index is 0.905. The van der Waals surface area contributed by atoms with E-state index in [0.29, 0.717) is 0 Å². The van der Waals surface area contributed by atoms with Gasteiger partial charge in [-0.3, -0.25) is 0 Å². The first-order chi connectivity index (χ1) is 26.2. The summed E-state index contributed by atoms with van der Waals surface area (Å²) in [7, 11) is 0. The van der Waals surface area contributed by atoms with E-state index in [0.717, 1.165) is 33.1 Å². The van der Waals surface area contributed by atoms with Gasteiger partial charge >= 0.3 is 0 Å². The molecule has 1 nitrogen and oxygen atoms in total. The highest BCUT2D eigenvalue weighted by atomic mass is 16.3. The van der Waals surface area contributed by atoms with E-state index < -0.39 is 0 Å². The van der Waals surface area contributed by atoms with Gasteiger partial charge in [-0.15, -0.1) is 0 Å². The Morgan fingerprint density at radius 2 is 0.679 bits per heavy atom. The van der Waals surface area contributed by atoms with Crippen LogP contribution in [0.2, 0.25) is 0 Å². The Morgan fingerprint density at radius 3 is 1.34 bits per heavy atom. The monoisotopic (exact) mass is 672 g/mol. The lowest BCUT2D eigenvalue weighted by Gasteiger charge is -2.13. The van der Waals surface area contributed by atoms with Gasteiger partial charge in [-0.1, -0.05) is 140 Å². The van der Waals surface area contributed by atoms with Gasteiger partial charge in [0.2, 0.25) is 0 Å². The van der Waals surface area contributed by atoms with Crippen molar-refractivity contribution in [3.8, 4) is 44.5 Å². The van der Waals surface area contributed by atoms with Gasteiger partial charge in [0.25, 0.3) is 0 Å². The summed E-state index contributed by atoms with van der Waals surface area (Å²) < 4.78 is 6.50. The van der Waals surface area contributed by atoms with Gasteiger partial charge in [-0.2, -0.15) is 0 Å². The van der Waals surface area contributed by atoms with Crippen LogP contribution >= 0.6 is 0 Å². The molecule has 0 N–H and O–H groups in total. The summed E-state index contributed by atoms with van der Waals surface area (Å²) in [6, 6.07) is 70.6. The molecule has 11 rings (SSSR count). The zero-order valence-electron chi connectivity index (χ0n) is 28.9. The molecule has 11 aromatic rings. The number of hydrogen-bond donors (Lipinski definition) is 0. The number of fused-ring (bicyclic) bond motifs is 8. The van der Waals surface area contributed by atoms with Crippen LogP contribution in [-0.2, 0) is 0 Å². The molecule has 0 amide bonds. The molecule has 0 aliphatic heterocycles. The molecule has 0 atom stereocenters. The Balaban J connectivity index is 0.921. The van der Waals surface area contributed by atoms with Crippen LogP contribution in [-0.4, -0.2) is 0 Å². The summed E-state index contributed by atoms with van der Waals surface area (Å²) in [4.78, 5) is 0. The molecular weight excluding hydrogens is 641 g/mol. The van der Waals surface area contributed by atoms with E-state index in [1.807, 2.05) is 0 Å². The Hall–Kier alpha value is -6.96. The first-order valence-corrected chi connectivity index (χ1v) is 18.2. The molecule has 0 spiro atoms. The smallest absolute Gasteiger partial charge is 0.136 e. The third-order valence-corrected chi connectivity index (χ3v) is 11.0. The van der Waals surface area contributed by atoms with Gasteiger partial charge in [0.15, 0.2) is 0 Å². The fourth-order valence-corrected chi connectivity index (χ4v) is 8.27. The fourth-order valence-electron chi connectivity index (χ4n) is 8.27. The molecule has 0 unspecified atom stereocenters. The zero-order valence-corrected chi connectivity index (χ0v) is 28.9. The normalized spacial score (nSPS) is 11.8. The number of benzene rings is 10. The van der Waals surface area contributed by atoms with Crippen LogP contribution in [0.15, 0.2) is 199 Å². The average molecular weight is 673 g/mol. The second-order valence-electron chi connectivity index (χ2n) is 14.1. The molecule has 0 saturated carbocycles. The van der Waals surface area contributed by atoms with Gasteiger partial charge in [0, 0.05) is 10.8 Å². The summed E-state index contributed by atoms with van der Waals surface area (Å²) in [5.41, 5.74) is 11.4. The molecule has 1 aromatic heterocycles. The third kappa shape index (κ3) is 5.01. The molecule has 0 aliphatic carbocycles. The predicted molar refractivity (Wildman–Crippen MR) is 225 cm³/mol. The Labute approximate surface area is 307 Å². The zero-order chi connectivity index (χ0) is 34.9. The van der Waals surface area contributed by atoms with Gasteiger partial charge in [-0.05, 0) is 142 Å². The lowest BCUT2D eigenvalue weighted by molar-refractivity contribution is 0.669. The largest absolute Gasteiger partial charge is 0.456 e. The van der Waals surface area contributed by atoms with Crippen molar-refractivity contribution >= 4 is 65.0 Å². The maximum atomic E-state index is 6.50. The van der Waals surface area contributed by atoms with Gasteiger partial charge in [0.05, 0.1) is 0 Å². The molecule has 53 heavy (non-hydrogen) atoms. The Morgan fingerprint density at radius 1 is 0.226 bits per heavy atom. The van der Waals surface area contributed by atoms with Crippen LogP contribution in [0.4, 0.5) is 0 Å². The minimum atomic E-state index is 0.905. The van der Waals surface area contributed by atoms with E-state index in [1.165, 1.54) is 76.5 Å². The molecule has 0 radical (unpaired) electrons. The quantitative estimate of drug-likeness (QED) is 0.170. The highest BCUT2D eigenvalue weighted by molar-refractivity contribution is 6.14. The van der Waals surface area contributed by atoms with Gasteiger partial charge in [0.1, 0.15) is 11.2 Å². The summed E-state index contributed by atoms with van der Waals surface area (Å²) in [6.45, 7) is 0. The minimum Gasteiger partial charge on any atom is -0.456 e. The van der Waals surface area contributed by atoms with E-state index in [2.05, 4.69) is 194 Å². The Kier molecular flexibility index (Phi) is 6.62. The number of rotatable bonds is 4. The fraction of sp³-hybridized carbons (Fsp3) is 0. The molecule has 0 bridgehead atoms. The van der Waals surface area contributed by atoms with E-state index in [-0.39, 0.29) is 0 Å². The molecule has 0 fully saturated rings. The SMILES string of the molecule is c1cc(-c2ccc3cc(-c4ccc5c(c4)oc4cc(-c6ccc7ccccc7c6)ccc45)ccc3c2)cc(-c2cc3ccccc3c3ccccc23)c1. The molecule has 1 heterocycles. The van der Waals surface area contributed by atoms with Crippen LogP contribution < -0.4 is 0 Å². The average Bonchev–Trinajstić information content (AvgIpc) is 3.60. The molecule has 0 aliphatic rings. The second-order valence-corrected chi connectivity index (χ2v) is 14.1. The Bertz CT molecular complexity index is 3230. The molecule has 246 valence electrons. The summed E-state index contributed by atoms with van der Waals surface area (Å²) in [6.07, 6.45) is 0. The number of furan rings is 1. The van der Waals surface area contributed by atoms with E-state index in [9.17, 15) is 0 Å². The van der Waals surface area contributed by atoms with Crippen molar-refractivity contribution in [3.05, 3.63) is 194 Å². The first kappa shape index (κ1) is 29.7. The molecule has 10 aromatic carbocycles. The van der Waals surface area contributed by atoms with Crippen LogP contribution in [0, 0.1) is 0 Å². The van der Waals surface area contributed by atoms with Crippen molar-refractivity contribution in [3.63, 3.8) is 0 Å². The van der Waals surface area contributed by atoms with Crippen LogP contribution in [0.25, 0.3) is 110 Å². The highest BCUT2D eigenvalue weighted by Gasteiger charge is 2.13. The third-order valence-electron chi connectivity index (χ3n) is 11.0. The van der Waals surface area contributed by atoms with Crippen molar-refractivity contribution in [1.82, 2.24) is 0 Å². The lowest BCUT2D eigenvalue weighted by Crippen LogP contribution is -1.86. The van der Waals surface area contributed by atoms with Crippen LogP contribution in [0.5, 0.6) is 0 Å². The van der Waals surface area contributed by atoms with E-state index in [1.54, 1.807) is 0 Å².